The number of benzene rings is 1. The third-order valence-corrected chi connectivity index (χ3v) is 1.26. The summed E-state index contributed by atoms with van der Waals surface area (Å²) in [5, 5.41) is 11.4. The van der Waals surface area contributed by atoms with E-state index < -0.39 is 4.64 Å². The van der Waals surface area contributed by atoms with Crippen molar-refractivity contribution >= 4 is 28.9 Å². The van der Waals surface area contributed by atoms with Gasteiger partial charge >= 0.3 is 0 Å². The Morgan fingerprint density at radius 3 is 2.18 bits per heavy atom. The zero-order valence-electron chi connectivity index (χ0n) is 5.59. The van der Waals surface area contributed by atoms with Gasteiger partial charge in [0.05, 0.1) is 0 Å². The highest BCUT2D eigenvalue weighted by molar-refractivity contribution is 6.47. The molecule has 0 aliphatic carbocycles. The second kappa shape index (κ2) is 3.30. The van der Waals surface area contributed by atoms with Crippen LogP contribution in [0.5, 0.6) is 0 Å². The minimum Gasteiger partial charge on any atom is -0.346 e. The van der Waals surface area contributed by atoms with Crippen LogP contribution in [0.1, 0.15) is 0 Å². The zero-order chi connectivity index (χ0) is 8.32. The Hall–Kier alpha value is -0.440. The normalized spacial score (nSPS) is 11.2. The van der Waals surface area contributed by atoms with Crippen molar-refractivity contribution in [1.82, 2.24) is 0 Å². The van der Waals surface area contributed by atoms with Gasteiger partial charge in [-0.25, -0.2) is 0 Å². The number of para-hydroxylation sites is 1. The zero-order valence-corrected chi connectivity index (χ0v) is 7.10. The van der Waals surface area contributed by atoms with E-state index in [1.807, 2.05) is 18.2 Å². The molecule has 0 atom stereocenters. The predicted octanol–water partition coefficient (Wildman–Crippen LogP) is 2.18. The Morgan fingerprint density at radius 1 is 1.18 bits per heavy atom. The minimum absolute atomic E-state index is 0.667. The molecule has 0 unspecified atom stereocenters. The van der Waals surface area contributed by atoms with Crippen LogP contribution in [0.3, 0.4) is 0 Å². The summed E-state index contributed by atoms with van der Waals surface area (Å²) < 4.78 is -1.90. The van der Waals surface area contributed by atoms with Crippen LogP contribution in [0.4, 0.5) is 5.69 Å². The molecular weight excluding hydrogens is 185 g/mol. The molecule has 0 fully saturated rings. The van der Waals surface area contributed by atoms with Crippen LogP contribution >= 0.6 is 23.2 Å². The van der Waals surface area contributed by atoms with Gasteiger partial charge in [-0.1, -0.05) is 18.2 Å². The number of halogens is 2. The summed E-state index contributed by atoms with van der Waals surface area (Å²) >= 11 is 10.6. The van der Waals surface area contributed by atoms with Gasteiger partial charge in [0.1, 0.15) is 0 Å². The second-order valence-electron chi connectivity index (χ2n) is 2.03. The molecule has 0 heterocycles. The summed E-state index contributed by atoms with van der Waals surface area (Å²) in [7, 11) is 0. The average molecular weight is 192 g/mol. The van der Waals surface area contributed by atoms with Gasteiger partial charge in [-0.05, 0) is 35.3 Å². The van der Waals surface area contributed by atoms with Gasteiger partial charge < -0.3 is 10.4 Å². The van der Waals surface area contributed by atoms with Gasteiger partial charge in [-0.3, -0.25) is 0 Å². The van der Waals surface area contributed by atoms with Crippen molar-refractivity contribution in [3.8, 4) is 0 Å². The van der Waals surface area contributed by atoms with Gasteiger partial charge in [0.2, 0.25) is 0 Å². The lowest BCUT2D eigenvalue weighted by atomic mass is 10.3. The Kier molecular flexibility index (Phi) is 2.60. The van der Waals surface area contributed by atoms with Gasteiger partial charge in [0.25, 0.3) is 4.64 Å². The molecule has 0 spiro atoms. The predicted molar refractivity (Wildman–Crippen MR) is 46.7 cm³/mol. The molecule has 2 nitrogen and oxygen atoms in total. The fraction of sp³-hybridized carbons (Fsp3) is 0.143. The molecule has 1 aromatic rings. The molecule has 0 aliphatic heterocycles. The van der Waals surface area contributed by atoms with E-state index in [1.54, 1.807) is 12.1 Å². The van der Waals surface area contributed by atoms with Crippen LogP contribution in [0, 0.1) is 0 Å². The molecule has 60 valence electrons. The number of aliphatic hydroxyl groups is 1. The van der Waals surface area contributed by atoms with Gasteiger partial charge in [-0.2, -0.15) is 0 Å². The molecule has 0 saturated carbocycles. The van der Waals surface area contributed by atoms with E-state index in [-0.39, 0.29) is 0 Å². The Balaban J connectivity index is 2.66. The van der Waals surface area contributed by atoms with E-state index in [1.165, 1.54) is 0 Å². The van der Waals surface area contributed by atoms with Crippen molar-refractivity contribution in [2.24, 2.45) is 0 Å². The summed E-state index contributed by atoms with van der Waals surface area (Å²) in [5.41, 5.74) is 0.667. The van der Waals surface area contributed by atoms with Crippen molar-refractivity contribution in [3.63, 3.8) is 0 Å². The van der Waals surface area contributed by atoms with E-state index in [4.69, 9.17) is 28.3 Å². The summed E-state index contributed by atoms with van der Waals surface area (Å²) in [4.78, 5) is 0. The minimum atomic E-state index is -1.90. The molecule has 0 saturated heterocycles. The average Bonchev–Trinajstić information content (AvgIpc) is 1.85. The van der Waals surface area contributed by atoms with Crippen LogP contribution in [-0.4, -0.2) is 9.75 Å². The van der Waals surface area contributed by atoms with Crippen molar-refractivity contribution in [2.75, 3.05) is 5.32 Å². The molecule has 0 radical (unpaired) electrons. The maximum Gasteiger partial charge on any atom is 0.295 e. The molecule has 0 bridgehead atoms. The Labute approximate surface area is 74.7 Å². The lowest BCUT2D eigenvalue weighted by Gasteiger charge is -2.14. The van der Waals surface area contributed by atoms with Crippen LogP contribution in [0.2, 0.25) is 0 Å². The summed E-state index contributed by atoms with van der Waals surface area (Å²) in [6.07, 6.45) is 0. The smallest absolute Gasteiger partial charge is 0.295 e. The number of nitrogens with one attached hydrogen (secondary N) is 1. The summed E-state index contributed by atoms with van der Waals surface area (Å²) in [5.74, 6) is 0. The fourth-order valence-electron chi connectivity index (χ4n) is 0.695. The third-order valence-electron chi connectivity index (χ3n) is 1.07. The molecule has 11 heavy (non-hydrogen) atoms. The maximum absolute atomic E-state index is 8.89. The van der Waals surface area contributed by atoms with Crippen LogP contribution in [-0.2, 0) is 0 Å². The Bertz CT molecular complexity index is 220. The highest BCUT2D eigenvalue weighted by Gasteiger charge is 2.17. The number of anilines is 1. The SMILES string of the molecule is OC(Cl)(Cl)Nc1ccccc1. The number of hydrogen-bond donors (Lipinski definition) is 2. The monoisotopic (exact) mass is 191 g/mol. The lowest BCUT2D eigenvalue weighted by Crippen LogP contribution is -2.23. The van der Waals surface area contributed by atoms with Gasteiger partial charge in [0, 0.05) is 5.69 Å². The number of alkyl halides is 2. The third kappa shape index (κ3) is 3.46. The Morgan fingerprint density at radius 2 is 1.73 bits per heavy atom. The van der Waals surface area contributed by atoms with Crippen molar-refractivity contribution in [1.29, 1.82) is 0 Å². The number of hydrogen-bond acceptors (Lipinski definition) is 2. The van der Waals surface area contributed by atoms with Gasteiger partial charge in [-0.15, -0.1) is 0 Å². The molecule has 1 aromatic carbocycles. The van der Waals surface area contributed by atoms with Gasteiger partial charge in [0.15, 0.2) is 0 Å². The van der Waals surface area contributed by atoms with Crippen molar-refractivity contribution in [3.05, 3.63) is 30.3 Å². The van der Waals surface area contributed by atoms with Crippen molar-refractivity contribution < 1.29 is 5.11 Å². The first-order valence-electron chi connectivity index (χ1n) is 3.01. The van der Waals surface area contributed by atoms with Crippen LogP contribution in [0.15, 0.2) is 30.3 Å². The van der Waals surface area contributed by atoms with E-state index >= 15 is 0 Å². The lowest BCUT2D eigenvalue weighted by molar-refractivity contribution is 0.244. The second-order valence-corrected chi connectivity index (χ2v) is 3.32. The van der Waals surface area contributed by atoms with Crippen LogP contribution in [0.25, 0.3) is 0 Å². The molecular formula is C7H7Cl2NO. The van der Waals surface area contributed by atoms with E-state index in [2.05, 4.69) is 5.32 Å². The van der Waals surface area contributed by atoms with Crippen LogP contribution < -0.4 is 5.32 Å². The first kappa shape index (κ1) is 8.65. The maximum atomic E-state index is 8.89. The topological polar surface area (TPSA) is 32.3 Å². The molecule has 0 aromatic heterocycles. The van der Waals surface area contributed by atoms with E-state index in [0.29, 0.717) is 5.69 Å². The summed E-state index contributed by atoms with van der Waals surface area (Å²) in [6.45, 7) is 0. The highest BCUT2D eigenvalue weighted by Crippen LogP contribution is 2.19. The first-order valence-corrected chi connectivity index (χ1v) is 3.77. The molecule has 1 rings (SSSR count). The highest BCUT2D eigenvalue weighted by atomic mass is 35.5. The van der Waals surface area contributed by atoms with E-state index in [0.717, 1.165) is 0 Å². The largest absolute Gasteiger partial charge is 0.346 e. The summed E-state index contributed by atoms with van der Waals surface area (Å²) in [6, 6.07) is 8.96. The fourth-order valence-corrected chi connectivity index (χ4v) is 0.913. The number of rotatable bonds is 2. The molecule has 2 N–H and O–H groups in total. The van der Waals surface area contributed by atoms with Crippen molar-refractivity contribution in [2.45, 2.75) is 4.64 Å². The molecule has 4 heteroatoms. The quantitative estimate of drug-likeness (QED) is 0.427. The molecule has 0 aliphatic rings. The van der Waals surface area contributed by atoms with E-state index in [9.17, 15) is 0 Å². The molecule has 0 amide bonds. The first-order chi connectivity index (χ1) is 5.08. The standard InChI is InChI=1S/C7H7Cl2NO/c8-7(9,11)10-6-4-2-1-3-5-6/h1-5,10-11H.